The van der Waals surface area contributed by atoms with Gasteiger partial charge in [-0.1, -0.05) is 11.6 Å². The lowest BCUT2D eigenvalue weighted by Gasteiger charge is -2.15. The van der Waals surface area contributed by atoms with Crippen LogP contribution in [0, 0.1) is 0 Å². The Kier molecular flexibility index (Phi) is 10.3. The first-order chi connectivity index (χ1) is 16.4. The van der Waals surface area contributed by atoms with E-state index < -0.39 is 46.3 Å². The van der Waals surface area contributed by atoms with Crippen molar-refractivity contribution in [1.82, 2.24) is 14.4 Å². The Balaban J connectivity index is 2.22. The van der Waals surface area contributed by atoms with Gasteiger partial charge in [-0.15, -0.1) is 0 Å². The van der Waals surface area contributed by atoms with E-state index in [1.807, 2.05) is 4.72 Å². The van der Waals surface area contributed by atoms with Gasteiger partial charge >= 0.3 is 22.5 Å². The van der Waals surface area contributed by atoms with E-state index in [1.165, 1.54) is 25.3 Å². The van der Waals surface area contributed by atoms with Crippen LogP contribution in [-0.4, -0.2) is 58.1 Å². The van der Waals surface area contributed by atoms with Crippen LogP contribution in [0.25, 0.3) is 0 Å². The third kappa shape index (κ3) is 9.37. The number of amides is 1. The Morgan fingerprint density at radius 3 is 2.60 bits per heavy atom. The van der Waals surface area contributed by atoms with E-state index in [4.69, 9.17) is 35.7 Å². The van der Waals surface area contributed by atoms with Crippen molar-refractivity contribution in [2.24, 2.45) is 0 Å². The minimum Gasteiger partial charge on any atom is -0.491 e. The van der Waals surface area contributed by atoms with Crippen molar-refractivity contribution < 1.29 is 50.4 Å². The number of rotatable bonds is 12. The second-order valence-electron chi connectivity index (χ2n) is 6.52. The predicted octanol–water partition coefficient (Wildman–Crippen LogP) is 2.62. The van der Waals surface area contributed by atoms with Gasteiger partial charge in [-0.25, -0.2) is 14.5 Å². The zero-order chi connectivity index (χ0) is 26.1. The molecule has 0 unspecified atom stereocenters. The molecule has 1 heterocycles. The molecule has 0 bridgehead atoms. The van der Waals surface area contributed by atoms with Crippen molar-refractivity contribution in [3.05, 3.63) is 46.6 Å². The average molecular weight is 544 g/mol. The number of pyridine rings is 1. The highest BCUT2D eigenvalue weighted by molar-refractivity contribution is 7.88. The highest BCUT2D eigenvalue weighted by atomic mass is 35.5. The molecule has 0 aliphatic rings. The minimum atomic E-state index is -4.66. The van der Waals surface area contributed by atoms with Crippen LogP contribution < -0.4 is 18.9 Å². The van der Waals surface area contributed by atoms with E-state index in [0.717, 1.165) is 0 Å². The van der Waals surface area contributed by atoms with Crippen LogP contribution in [0.5, 0.6) is 17.4 Å². The molecule has 35 heavy (non-hydrogen) atoms. The molecule has 1 amide bonds. The number of halogens is 4. The fraction of sp³-hybridized carbons (Fsp3) is 0.368. The largest absolute Gasteiger partial charge is 0.491 e. The summed E-state index contributed by atoms with van der Waals surface area (Å²) in [5.41, 5.74) is -0.902. The van der Waals surface area contributed by atoms with Crippen molar-refractivity contribution in [1.29, 1.82) is 0 Å². The molecular formula is C19H21ClF3N3O8S. The smallest absolute Gasteiger partial charge is 0.422 e. The number of hydrogen-bond acceptors (Lipinski definition) is 9. The number of nitrogens with zero attached hydrogens (tertiary/aromatic N) is 1. The number of aliphatic hydroxyl groups excluding tert-OH is 1. The minimum absolute atomic E-state index is 0.0388. The summed E-state index contributed by atoms with van der Waals surface area (Å²) in [6, 6.07) is 4.89. The number of aromatic nitrogens is 1. The Hall–Kier alpha value is -2.85. The number of carbonyl (C=O) groups excluding carboxylic acids is 1. The van der Waals surface area contributed by atoms with Crippen LogP contribution in [0.2, 0.25) is 5.02 Å². The van der Waals surface area contributed by atoms with E-state index in [2.05, 4.69) is 4.98 Å². The fourth-order valence-corrected chi connectivity index (χ4v) is 3.26. The first-order valence-electron chi connectivity index (χ1n) is 9.65. The SMILES string of the molecule is COCCOc1ccc(COC(=O)NS(=O)(=O)NCCO)c(Oc2ncc(C(F)(F)F)cc2Cl)c1. The lowest BCUT2D eigenvalue weighted by molar-refractivity contribution is -0.137. The maximum Gasteiger partial charge on any atom is 0.422 e. The molecule has 2 aromatic rings. The molecule has 0 fully saturated rings. The summed E-state index contributed by atoms with van der Waals surface area (Å²) in [5.74, 6) is -0.123. The van der Waals surface area contributed by atoms with E-state index in [1.54, 1.807) is 4.72 Å². The van der Waals surface area contributed by atoms with Crippen molar-refractivity contribution in [3.63, 3.8) is 0 Å². The Morgan fingerprint density at radius 2 is 1.97 bits per heavy atom. The van der Waals surface area contributed by atoms with Crippen LogP contribution in [0.3, 0.4) is 0 Å². The Bertz CT molecular complexity index is 1120. The molecule has 1 aromatic heterocycles. The van der Waals surface area contributed by atoms with Gasteiger partial charge in [-0.2, -0.15) is 26.3 Å². The van der Waals surface area contributed by atoms with Gasteiger partial charge in [0, 0.05) is 31.5 Å². The molecular weight excluding hydrogens is 523 g/mol. The number of methoxy groups -OCH3 is 1. The van der Waals surface area contributed by atoms with Gasteiger partial charge in [-0.3, -0.25) is 0 Å². The summed E-state index contributed by atoms with van der Waals surface area (Å²) in [6.45, 7) is -0.881. The van der Waals surface area contributed by atoms with Crippen molar-refractivity contribution in [2.45, 2.75) is 12.8 Å². The van der Waals surface area contributed by atoms with Gasteiger partial charge in [-0.05, 0) is 18.2 Å². The summed E-state index contributed by atoms with van der Waals surface area (Å²) >= 11 is 5.90. The monoisotopic (exact) mass is 543 g/mol. The molecule has 0 saturated heterocycles. The third-order valence-electron chi connectivity index (χ3n) is 3.92. The molecule has 1 aromatic carbocycles. The standard InChI is InChI=1S/C19H21ClF3N3O8S/c1-31-6-7-32-14-3-2-12(11-33-18(28)26-35(29,30)25-4-5-27)16(9-14)34-17-15(20)8-13(10-24-17)19(21,22)23/h2-3,8-10,25,27H,4-7,11H2,1H3,(H,26,28). The highest BCUT2D eigenvalue weighted by Gasteiger charge is 2.32. The number of alkyl halides is 3. The van der Waals surface area contributed by atoms with E-state index in [-0.39, 0.29) is 42.7 Å². The predicted molar refractivity (Wildman–Crippen MR) is 115 cm³/mol. The number of aliphatic hydroxyl groups is 1. The number of ether oxygens (including phenoxy) is 4. The number of hydrogen-bond donors (Lipinski definition) is 3. The average Bonchev–Trinajstić information content (AvgIpc) is 2.77. The van der Waals surface area contributed by atoms with Crippen LogP contribution in [0.1, 0.15) is 11.1 Å². The molecule has 194 valence electrons. The lowest BCUT2D eigenvalue weighted by atomic mass is 10.2. The van der Waals surface area contributed by atoms with Gasteiger partial charge in [0.25, 0.3) is 0 Å². The molecule has 0 radical (unpaired) electrons. The van der Waals surface area contributed by atoms with Crippen molar-refractivity contribution >= 4 is 27.9 Å². The first kappa shape index (κ1) is 28.4. The summed E-state index contributed by atoms with van der Waals surface area (Å²) in [4.78, 5) is 15.5. The second-order valence-corrected chi connectivity index (χ2v) is 8.43. The van der Waals surface area contributed by atoms with Gasteiger partial charge in [0.1, 0.15) is 29.7 Å². The summed E-state index contributed by atoms with van der Waals surface area (Å²) in [7, 11) is -2.79. The quantitative estimate of drug-likeness (QED) is 0.344. The fourth-order valence-electron chi connectivity index (χ4n) is 2.34. The lowest BCUT2D eigenvalue weighted by Crippen LogP contribution is -2.41. The molecule has 0 spiro atoms. The third-order valence-corrected chi connectivity index (χ3v) is 5.21. The maximum absolute atomic E-state index is 12.9. The highest BCUT2D eigenvalue weighted by Crippen LogP contribution is 2.36. The normalized spacial score (nSPS) is 11.7. The topological polar surface area (TPSA) is 145 Å². The molecule has 2 rings (SSSR count). The molecule has 0 aliphatic carbocycles. The van der Waals surface area contributed by atoms with Crippen molar-refractivity contribution in [2.75, 3.05) is 33.5 Å². The van der Waals surface area contributed by atoms with Gasteiger partial charge in [0.2, 0.25) is 5.88 Å². The van der Waals surface area contributed by atoms with Gasteiger partial charge in [0.15, 0.2) is 0 Å². The summed E-state index contributed by atoms with van der Waals surface area (Å²) < 4.78 is 86.1. The molecule has 0 saturated carbocycles. The number of carbonyl (C=O) groups is 1. The summed E-state index contributed by atoms with van der Waals surface area (Å²) in [5, 5.41) is 8.23. The van der Waals surface area contributed by atoms with Crippen LogP contribution >= 0.6 is 11.6 Å². The molecule has 11 nitrogen and oxygen atoms in total. The van der Waals surface area contributed by atoms with E-state index in [0.29, 0.717) is 12.3 Å². The number of benzene rings is 1. The second kappa shape index (κ2) is 12.7. The molecule has 3 N–H and O–H groups in total. The zero-order valence-corrected chi connectivity index (χ0v) is 19.7. The van der Waals surface area contributed by atoms with Gasteiger partial charge in [0.05, 0.1) is 18.8 Å². The van der Waals surface area contributed by atoms with Crippen LogP contribution in [0.15, 0.2) is 30.5 Å². The number of nitrogens with one attached hydrogen (secondary N) is 2. The first-order valence-corrected chi connectivity index (χ1v) is 11.5. The molecule has 0 aliphatic heterocycles. The molecule has 0 atom stereocenters. The van der Waals surface area contributed by atoms with Crippen LogP contribution in [-0.2, 0) is 32.5 Å². The Labute approximate surface area is 203 Å². The van der Waals surface area contributed by atoms with E-state index >= 15 is 0 Å². The summed E-state index contributed by atoms with van der Waals surface area (Å²) in [6.07, 6.45) is -5.47. The molecule has 16 heteroatoms. The Morgan fingerprint density at radius 1 is 1.23 bits per heavy atom. The van der Waals surface area contributed by atoms with Crippen LogP contribution in [0.4, 0.5) is 18.0 Å². The van der Waals surface area contributed by atoms with E-state index in [9.17, 15) is 26.4 Å². The van der Waals surface area contributed by atoms with Crippen molar-refractivity contribution in [3.8, 4) is 17.4 Å². The maximum atomic E-state index is 12.9. The van der Waals surface area contributed by atoms with Gasteiger partial charge < -0.3 is 24.1 Å². The zero-order valence-electron chi connectivity index (χ0n) is 18.1.